The number of rotatable bonds is 10. The fourth-order valence-corrected chi connectivity index (χ4v) is 5.88. The van der Waals surface area contributed by atoms with E-state index in [1.54, 1.807) is 0 Å². The molecule has 1 aliphatic rings. The summed E-state index contributed by atoms with van der Waals surface area (Å²) in [4.78, 5) is 20.1. The smallest absolute Gasteiger partial charge is 0.323 e. The highest BCUT2D eigenvalue weighted by atomic mass is 32.1. The lowest BCUT2D eigenvalue weighted by molar-refractivity contribution is 0.208. The van der Waals surface area contributed by atoms with E-state index in [1.807, 2.05) is 29.2 Å². The molecule has 1 fully saturated rings. The number of carbonyl (C=O) groups is 1. The van der Waals surface area contributed by atoms with Gasteiger partial charge in [-0.15, -0.1) is 0 Å². The number of nitrogens with zero attached hydrogens (tertiary/aromatic N) is 2. The zero-order valence-corrected chi connectivity index (χ0v) is 21.9. The molecule has 0 spiro atoms. The Balaban J connectivity index is 1.29. The maximum Gasteiger partial charge on any atom is 0.323 e. The summed E-state index contributed by atoms with van der Waals surface area (Å²) in [7, 11) is 0. The van der Waals surface area contributed by atoms with Crippen LogP contribution in [0.5, 0.6) is 0 Å². The zero-order chi connectivity index (χ0) is 25.3. The van der Waals surface area contributed by atoms with E-state index in [4.69, 9.17) is 0 Å². The van der Waals surface area contributed by atoms with E-state index in [1.165, 1.54) is 35.3 Å². The number of piperidine rings is 1. The molecule has 7 heteroatoms. The second-order valence-corrected chi connectivity index (χ2v) is 10.6. The van der Waals surface area contributed by atoms with Gasteiger partial charge in [-0.1, -0.05) is 84.1 Å². The van der Waals surface area contributed by atoms with E-state index in [0.717, 1.165) is 36.3 Å². The summed E-state index contributed by atoms with van der Waals surface area (Å²) in [6.45, 7) is 4.14. The number of aromatic nitrogens is 1. The number of para-hydroxylation sites is 1. The van der Waals surface area contributed by atoms with Crippen molar-refractivity contribution in [3.63, 3.8) is 0 Å². The van der Waals surface area contributed by atoms with Crippen LogP contribution in [0.3, 0.4) is 0 Å². The number of hydrogen-bond donors (Lipinski definition) is 3. The Morgan fingerprint density at radius 3 is 2.35 bits per heavy atom. The summed E-state index contributed by atoms with van der Waals surface area (Å²) in [5, 5.41) is 10.8. The lowest BCUT2D eigenvalue weighted by atomic mass is 9.88. The Kier molecular flexibility index (Phi) is 8.79. The van der Waals surface area contributed by atoms with Crippen molar-refractivity contribution in [3.05, 3.63) is 96.1 Å². The van der Waals surface area contributed by atoms with Gasteiger partial charge in [-0.2, -0.15) is 0 Å². The molecule has 2 heterocycles. The molecule has 0 saturated carbocycles. The molecule has 37 heavy (non-hydrogen) atoms. The summed E-state index contributed by atoms with van der Waals surface area (Å²) in [5.41, 5.74) is 3.45. The van der Waals surface area contributed by atoms with Gasteiger partial charge < -0.3 is 15.5 Å². The maximum atomic E-state index is 13.5. The highest BCUT2D eigenvalue weighted by molar-refractivity contribution is 7.22. The summed E-state index contributed by atoms with van der Waals surface area (Å²) >= 11 is 1.51. The van der Waals surface area contributed by atoms with E-state index in [0.29, 0.717) is 24.3 Å². The largest absolute Gasteiger partial charge is 0.323 e. The minimum atomic E-state index is -0.0949. The fraction of sp³-hybridized carbons (Fsp3) is 0.333. The standard InChI is InChI=1S/C30H35N5OS/c36-30(34-29-33-27-15-7-8-16-28(27)37-29)35(21-19-32-25-14-9-18-31-22-25)20-17-26(23-10-3-1-4-11-23)24-12-5-2-6-13-24/h1-8,10-13,15-16,25-26,31-32H,9,14,17-22H2,(H,33,34,36). The summed E-state index contributed by atoms with van der Waals surface area (Å²) in [5.74, 6) is 0.218. The maximum absolute atomic E-state index is 13.5. The number of benzene rings is 3. The number of anilines is 1. The minimum absolute atomic E-state index is 0.0949. The van der Waals surface area contributed by atoms with E-state index >= 15 is 0 Å². The number of thiazole rings is 1. The van der Waals surface area contributed by atoms with Crippen LogP contribution in [0.15, 0.2) is 84.9 Å². The van der Waals surface area contributed by atoms with E-state index in [9.17, 15) is 4.79 Å². The summed E-state index contributed by atoms with van der Waals surface area (Å²) in [6.07, 6.45) is 3.20. The first-order valence-corrected chi connectivity index (χ1v) is 14.0. The number of nitrogens with one attached hydrogen (secondary N) is 3. The van der Waals surface area contributed by atoms with Gasteiger partial charge in [0, 0.05) is 38.1 Å². The van der Waals surface area contributed by atoms with Crippen LogP contribution >= 0.6 is 11.3 Å². The van der Waals surface area contributed by atoms with Gasteiger partial charge in [0.2, 0.25) is 0 Å². The van der Waals surface area contributed by atoms with Crippen molar-refractivity contribution in [1.29, 1.82) is 0 Å². The van der Waals surface area contributed by atoms with E-state index in [2.05, 4.69) is 81.6 Å². The van der Waals surface area contributed by atoms with Crippen molar-refractivity contribution in [2.45, 2.75) is 31.2 Å². The molecule has 4 aromatic rings. The van der Waals surface area contributed by atoms with Crippen molar-refractivity contribution in [3.8, 4) is 0 Å². The normalized spacial score (nSPS) is 15.6. The van der Waals surface area contributed by atoms with Gasteiger partial charge in [0.1, 0.15) is 0 Å². The van der Waals surface area contributed by atoms with Crippen molar-refractivity contribution < 1.29 is 4.79 Å². The topological polar surface area (TPSA) is 69.3 Å². The molecule has 3 aromatic carbocycles. The highest BCUT2D eigenvalue weighted by Gasteiger charge is 2.21. The van der Waals surface area contributed by atoms with Gasteiger partial charge in [0.05, 0.1) is 10.2 Å². The Morgan fingerprint density at radius 2 is 1.68 bits per heavy atom. The first-order valence-electron chi connectivity index (χ1n) is 13.2. The Morgan fingerprint density at radius 1 is 0.973 bits per heavy atom. The highest BCUT2D eigenvalue weighted by Crippen LogP contribution is 2.29. The summed E-state index contributed by atoms with van der Waals surface area (Å²) < 4.78 is 1.07. The molecule has 1 saturated heterocycles. The molecule has 3 N–H and O–H groups in total. The molecule has 1 atom stereocenters. The number of hydrogen-bond acceptors (Lipinski definition) is 5. The molecular formula is C30H35N5OS. The quantitative estimate of drug-likeness (QED) is 0.255. The third kappa shape index (κ3) is 6.95. The molecule has 0 aliphatic carbocycles. The Bertz CT molecular complexity index is 1180. The van der Waals surface area contributed by atoms with Gasteiger partial charge in [-0.3, -0.25) is 5.32 Å². The van der Waals surface area contributed by atoms with Crippen LogP contribution in [-0.2, 0) is 0 Å². The first kappa shape index (κ1) is 25.4. The number of fused-ring (bicyclic) bond motifs is 1. The second kappa shape index (κ2) is 12.8. The monoisotopic (exact) mass is 513 g/mol. The number of amides is 2. The van der Waals surface area contributed by atoms with Gasteiger partial charge in [0.25, 0.3) is 0 Å². The third-order valence-electron chi connectivity index (χ3n) is 7.00. The van der Waals surface area contributed by atoms with Gasteiger partial charge in [0.15, 0.2) is 5.13 Å². The van der Waals surface area contributed by atoms with Gasteiger partial charge in [-0.25, -0.2) is 9.78 Å². The van der Waals surface area contributed by atoms with Crippen LogP contribution in [-0.4, -0.2) is 54.7 Å². The van der Waals surface area contributed by atoms with Crippen LogP contribution < -0.4 is 16.0 Å². The lowest BCUT2D eigenvalue weighted by Gasteiger charge is -2.28. The lowest BCUT2D eigenvalue weighted by Crippen LogP contribution is -2.47. The SMILES string of the molecule is O=C(Nc1nc2ccccc2s1)N(CCNC1CCCNC1)CCC(c1ccccc1)c1ccccc1. The predicted molar refractivity (Wildman–Crippen MR) is 153 cm³/mol. The van der Waals surface area contributed by atoms with Crippen molar-refractivity contribution >= 4 is 32.7 Å². The Hall–Kier alpha value is -3.26. The third-order valence-corrected chi connectivity index (χ3v) is 7.95. The summed E-state index contributed by atoms with van der Waals surface area (Å²) in [6, 6.07) is 29.5. The zero-order valence-electron chi connectivity index (χ0n) is 21.1. The molecule has 6 nitrogen and oxygen atoms in total. The average molecular weight is 514 g/mol. The van der Waals surface area contributed by atoms with Crippen molar-refractivity contribution in [2.24, 2.45) is 0 Å². The average Bonchev–Trinajstić information content (AvgIpc) is 3.36. The van der Waals surface area contributed by atoms with Crippen LogP contribution in [0.4, 0.5) is 9.93 Å². The molecule has 0 radical (unpaired) electrons. The van der Waals surface area contributed by atoms with Gasteiger partial charge >= 0.3 is 6.03 Å². The molecule has 192 valence electrons. The fourth-order valence-electron chi connectivity index (χ4n) is 5.02. The number of carbonyl (C=O) groups excluding carboxylic acids is 1. The molecule has 2 amide bonds. The van der Waals surface area contributed by atoms with Crippen LogP contribution in [0.1, 0.15) is 36.3 Å². The van der Waals surface area contributed by atoms with Crippen LogP contribution in [0.2, 0.25) is 0 Å². The van der Waals surface area contributed by atoms with E-state index < -0.39 is 0 Å². The van der Waals surface area contributed by atoms with Crippen molar-refractivity contribution in [2.75, 3.05) is 38.0 Å². The first-order chi connectivity index (χ1) is 18.3. The minimum Gasteiger partial charge on any atom is -0.323 e. The molecule has 1 aliphatic heterocycles. The van der Waals surface area contributed by atoms with Crippen LogP contribution in [0.25, 0.3) is 10.2 Å². The molecule has 1 unspecified atom stereocenters. The predicted octanol–water partition coefficient (Wildman–Crippen LogP) is 5.69. The Labute approximate surface area is 223 Å². The van der Waals surface area contributed by atoms with E-state index in [-0.39, 0.29) is 11.9 Å². The molecular weight excluding hydrogens is 478 g/mol. The molecule has 5 rings (SSSR count). The van der Waals surface area contributed by atoms with Gasteiger partial charge in [-0.05, 0) is 49.1 Å². The van der Waals surface area contributed by atoms with Crippen molar-refractivity contribution in [1.82, 2.24) is 20.5 Å². The van der Waals surface area contributed by atoms with Crippen LogP contribution in [0, 0.1) is 0 Å². The molecule has 0 bridgehead atoms. The number of urea groups is 1. The molecule has 1 aromatic heterocycles. The second-order valence-electron chi connectivity index (χ2n) is 9.56.